The van der Waals surface area contributed by atoms with E-state index in [2.05, 4.69) is 18.7 Å². The van der Waals surface area contributed by atoms with Crippen molar-refractivity contribution in [2.75, 3.05) is 24.6 Å². The highest BCUT2D eigenvalue weighted by Gasteiger charge is 2.21. The molecule has 1 aliphatic heterocycles. The number of aromatic nitrogens is 1. The highest BCUT2D eigenvalue weighted by atomic mass is 16.3. The van der Waals surface area contributed by atoms with E-state index >= 15 is 0 Å². The molecule has 0 amide bonds. The van der Waals surface area contributed by atoms with Crippen LogP contribution in [-0.2, 0) is 6.61 Å². The zero-order valence-corrected chi connectivity index (χ0v) is 12.5. The summed E-state index contributed by atoms with van der Waals surface area (Å²) in [6, 6.07) is 3.98. The molecule has 2 heterocycles. The van der Waals surface area contributed by atoms with E-state index in [0.717, 1.165) is 43.0 Å². The van der Waals surface area contributed by atoms with Gasteiger partial charge in [-0.2, -0.15) is 0 Å². The smallest absolute Gasteiger partial charge is 0.129 e. The second kappa shape index (κ2) is 7.04. The lowest BCUT2D eigenvalue weighted by Crippen LogP contribution is -2.36. The van der Waals surface area contributed by atoms with Gasteiger partial charge in [-0.25, -0.2) is 4.98 Å². The number of aliphatic hydroxyl groups excluding tert-OH is 2. The highest BCUT2D eigenvalue weighted by molar-refractivity contribution is 5.43. The summed E-state index contributed by atoms with van der Waals surface area (Å²) in [5.41, 5.74) is 1.97. The van der Waals surface area contributed by atoms with Crippen molar-refractivity contribution in [1.82, 2.24) is 4.98 Å². The largest absolute Gasteiger partial charge is 0.396 e. The van der Waals surface area contributed by atoms with Crippen LogP contribution in [0, 0.1) is 5.92 Å². The third kappa shape index (κ3) is 3.70. The molecule has 4 nitrogen and oxygen atoms in total. The Balaban J connectivity index is 2.20. The number of nitrogens with zero attached hydrogens (tertiary/aromatic N) is 2. The van der Waals surface area contributed by atoms with Gasteiger partial charge in [0.05, 0.1) is 6.61 Å². The van der Waals surface area contributed by atoms with E-state index in [1.165, 1.54) is 6.42 Å². The fraction of sp³-hybridized carbons (Fsp3) is 0.688. The Hall–Kier alpha value is -1.13. The van der Waals surface area contributed by atoms with Crippen LogP contribution in [0.3, 0.4) is 0 Å². The molecule has 1 fully saturated rings. The van der Waals surface area contributed by atoms with Crippen molar-refractivity contribution in [3.05, 3.63) is 23.4 Å². The molecular formula is C16H26N2O2. The standard InChI is InChI=1S/C16H26N2O2/c1-12(2)15-8-14(11-20)9-16(17-15)18-6-3-4-13(10-18)5-7-19/h8-9,12-13,19-20H,3-7,10-11H2,1-2H3. The number of piperidine rings is 1. The van der Waals surface area contributed by atoms with Crippen LogP contribution in [0.4, 0.5) is 5.82 Å². The molecule has 112 valence electrons. The van der Waals surface area contributed by atoms with Gasteiger partial charge in [-0.15, -0.1) is 0 Å². The lowest BCUT2D eigenvalue weighted by atomic mass is 9.95. The summed E-state index contributed by atoms with van der Waals surface area (Å²) < 4.78 is 0. The van der Waals surface area contributed by atoms with Gasteiger partial charge in [-0.3, -0.25) is 0 Å². The van der Waals surface area contributed by atoms with E-state index in [-0.39, 0.29) is 13.2 Å². The third-order valence-electron chi connectivity index (χ3n) is 4.05. The number of anilines is 1. The van der Waals surface area contributed by atoms with Crippen molar-refractivity contribution in [3.8, 4) is 0 Å². The van der Waals surface area contributed by atoms with Gasteiger partial charge >= 0.3 is 0 Å². The van der Waals surface area contributed by atoms with Crippen LogP contribution in [-0.4, -0.2) is 34.9 Å². The summed E-state index contributed by atoms with van der Waals surface area (Å²) in [4.78, 5) is 7.05. The van der Waals surface area contributed by atoms with Gasteiger partial charge in [-0.1, -0.05) is 13.8 Å². The van der Waals surface area contributed by atoms with E-state index in [9.17, 15) is 5.11 Å². The molecule has 1 saturated heterocycles. The van der Waals surface area contributed by atoms with Crippen LogP contribution in [0.2, 0.25) is 0 Å². The molecule has 2 rings (SSSR count). The second-order valence-electron chi connectivity index (χ2n) is 6.04. The number of aliphatic hydroxyl groups is 2. The Labute approximate surface area is 121 Å². The van der Waals surface area contributed by atoms with E-state index in [1.807, 2.05) is 12.1 Å². The number of hydrogen-bond donors (Lipinski definition) is 2. The zero-order chi connectivity index (χ0) is 14.5. The second-order valence-corrected chi connectivity index (χ2v) is 6.04. The fourth-order valence-electron chi connectivity index (χ4n) is 2.83. The van der Waals surface area contributed by atoms with Gasteiger partial charge in [0, 0.05) is 25.4 Å². The molecule has 0 aromatic carbocycles. The summed E-state index contributed by atoms with van der Waals surface area (Å²) >= 11 is 0. The topological polar surface area (TPSA) is 56.6 Å². The maximum absolute atomic E-state index is 9.42. The van der Waals surface area contributed by atoms with Gasteiger partial charge in [0.2, 0.25) is 0 Å². The van der Waals surface area contributed by atoms with Crippen LogP contribution in [0.1, 0.15) is 50.3 Å². The van der Waals surface area contributed by atoms with Gasteiger partial charge in [0.25, 0.3) is 0 Å². The van der Waals surface area contributed by atoms with Crippen molar-refractivity contribution in [3.63, 3.8) is 0 Å². The van der Waals surface area contributed by atoms with Gasteiger partial charge in [-0.05, 0) is 48.8 Å². The number of pyridine rings is 1. The van der Waals surface area contributed by atoms with Crippen LogP contribution in [0.25, 0.3) is 0 Å². The Morgan fingerprint density at radius 1 is 1.35 bits per heavy atom. The van der Waals surface area contributed by atoms with E-state index in [4.69, 9.17) is 10.1 Å². The van der Waals surface area contributed by atoms with Crippen LogP contribution >= 0.6 is 0 Å². The summed E-state index contributed by atoms with van der Waals surface area (Å²) in [5.74, 6) is 1.89. The van der Waals surface area contributed by atoms with Gasteiger partial charge in [0.1, 0.15) is 5.82 Å². The molecule has 0 bridgehead atoms. The average molecular weight is 278 g/mol. The molecule has 0 radical (unpaired) electrons. The lowest BCUT2D eigenvalue weighted by Gasteiger charge is -2.34. The molecule has 1 aromatic heterocycles. The monoisotopic (exact) mass is 278 g/mol. The molecule has 0 saturated carbocycles. The minimum Gasteiger partial charge on any atom is -0.396 e. The average Bonchev–Trinajstić information content (AvgIpc) is 2.47. The first-order valence-corrected chi connectivity index (χ1v) is 7.61. The van der Waals surface area contributed by atoms with Crippen molar-refractivity contribution in [2.45, 2.75) is 45.6 Å². The molecule has 20 heavy (non-hydrogen) atoms. The minimum absolute atomic E-state index is 0.0587. The summed E-state index contributed by atoms with van der Waals surface area (Å²) in [7, 11) is 0. The maximum atomic E-state index is 9.42. The van der Waals surface area contributed by atoms with E-state index in [1.54, 1.807) is 0 Å². The predicted octanol–water partition coefficient (Wildman–Crippen LogP) is 2.30. The first-order valence-electron chi connectivity index (χ1n) is 7.61. The van der Waals surface area contributed by atoms with Crippen molar-refractivity contribution >= 4 is 5.82 Å². The van der Waals surface area contributed by atoms with Crippen LogP contribution in [0.15, 0.2) is 12.1 Å². The molecule has 0 spiro atoms. The Kier molecular flexibility index (Phi) is 5.38. The molecule has 4 heteroatoms. The van der Waals surface area contributed by atoms with Gasteiger partial charge in [0.15, 0.2) is 0 Å². The lowest BCUT2D eigenvalue weighted by molar-refractivity contribution is 0.244. The van der Waals surface area contributed by atoms with Crippen LogP contribution < -0.4 is 4.90 Å². The Morgan fingerprint density at radius 3 is 2.80 bits per heavy atom. The van der Waals surface area contributed by atoms with Crippen molar-refractivity contribution < 1.29 is 10.2 Å². The molecule has 1 aromatic rings. The van der Waals surface area contributed by atoms with Gasteiger partial charge < -0.3 is 15.1 Å². The molecule has 1 unspecified atom stereocenters. The number of hydrogen-bond acceptors (Lipinski definition) is 4. The summed E-state index contributed by atoms with van der Waals surface area (Å²) in [6.07, 6.45) is 3.20. The first-order chi connectivity index (χ1) is 9.63. The van der Waals surface area contributed by atoms with E-state index < -0.39 is 0 Å². The fourth-order valence-corrected chi connectivity index (χ4v) is 2.83. The molecule has 1 aliphatic rings. The number of rotatable bonds is 5. The van der Waals surface area contributed by atoms with Crippen molar-refractivity contribution in [2.24, 2.45) is 5.92 Å². The normalized spacial score (nSPS) is 19.6. The SMILES string of the molecule is CC(C)c1cc(CO)cc(N2CCCC(CCO)C2)n1. The third-order valence-corrected chi connectivity index (χ3v) is 4.05. The molecule has 1 atom stereocenters. The molecule has 0 aliphatic carbocycles. The Morgan fingerprint density at radius 2 is 2.15 bits per heavy atom. The van der Waals surface area contributed by atoms with Crippen LogP contribution in [0.5, 0.6) is 0 Å². The van der Waals surface area contributed by atoms with Crippen molar-refractivity contribution in [1.29, 1.82) is 0 Å². The molecule has 2 N–H and O–H groups in total. The highest BCUT2D eigenvalue weighted by Crippen LogP contribution is 2.26. The minimum atomic E-state index is 0.0587. The summed E-state index contributed by atoms with van der Waals surface area (Å²) in [6.45, 7) is 6.54. The first kappa shape index (κ1) is 15.3. The quantitative estimate of drug-likeness (QED) is 0.867. The zero-order valence-electron chi connectivity index (χ0n) is 12.5. The maximum Gasteiger partial charge on any atom is 0.129 e. The summed E-state index contributed by atoms with van der Waals surface area (Å²) in [5, 5.41) is 18.5. The molecular weight excluding hydrogens is 252 g/mol. The predicted molar refractivity (Wildman–Crippen MR) is 80.9 cm³/mol. The Bertz CT molecular complexity index is 432. The van der Waals surface area contributed by atoms with E-state index in [0.29, 0.717) is 11.8 Å².